The molecule has 0 aromatic heterocycles. The number of nitrogen functional groups attached to an aromatic ring is 1. The molecule has 0 bridgehead atoms. The van der Waals surface area contributed by atoms with Crippen LogP contribution in [-0.2, 0) is 0 Å². The second kappa shape index (κ2) is 5.09. The van der Waals surface area contributed by atoms with E-state index in [9.17, 15) is 5.11 Å². The monoisotopic (exact) mass is 233 g/mol. The summed E-state index contributed by atoms with van der Waals surface area (Å²) in [7, 11) is 0. The Balaban J connectivity index is 2.05. The van der Waals surface area contributed by atoms with Crippen LogP contribution in [0, 0.1) is 17.8 Å². The molecule has 94 valence electrons. The highest BCUT2D eigenvalue weighted by Crippen LogP contribution is 2.39. The second-order valence-corrected chi connectivity index (χ2v) is 5.64. The minimum atomic E-state index is -0.328. The van der Waals surface area contributed by atoms with Gasteiger partial charge in [0, 0.05) is 5.69 Å². The van der Waals surface area contributed by atoms with E-state index in [1.807, 2.05) is 24.3 Å². The molecule has 0 radical (unpaired) electrons. The van der Waals surface area contributed by atoms with Crippen molar-refractivity contribution in [3.05, 3.63) is 29.8 Å². The number of rotatable bonds is 2. The fourth-order valence-corrected chi connectivity index (χ4v) is 2.84. The van der Waals surface area contributed by atoms with Gasteiger partial charge in [-0.25, -0.2) is 0 Å². The first-order chi connectivity index (χ1) is 8.08. The second-order valence-electron chi connectivity index (χ2n) is 5.64. The van der Waals surface area contributed by atoms with E-state index in [-0.39, 0.29) is 6.10 Å². The van der Waals surface area contributed by atoms with Gasteiger partial charge in [0.05, 0.1) is 6.10 Å². The van der Waals surface area contributed by atoms with Crippen LogP contribution in [0.25, 0.3) is 0 Å². The van der Waals surface area contributed by atoms with Crippen molar-refractivity contribution in [1.29, 1.82) is 0 Å². The van der Waals surface area contributed by atoms with Crippen LogP contribution in [0.1, 0.15) is 44.8 Å². The topological polar surface area (TPSA) is 46.2 Å². The Morgan fingerprint density at radius 2 is 1.76 bits per heavy atom. The molecule has 17 heavy (non-hydrogen) atoms. The van der Waals surface area contributed by atoms with Gasteiger partial charge in [-0.15, -0.1) is 0 Å². The summed E-state index contributed by atoms with van der Waals surface area (Å²) in [5, 5.41) is 10.4. The summed E-state index contributed by atoms with van der Waals surface area (Å²) in [6.07, 6.45) is 3.17. The van der Waals surface area contributed by atoms with Gasteiger partial charge in [0.15, 0.2) is 0 Å². The van der Waals surface area contributed by atoms with Crippen molar-refractivity contribution in [3.8, 4) is 0 Å². The molecule has 4 unspecified atom stereocenters. The first-order valence-electron chi connectivity index (χ1n) is 6.61. The number of aliphatic hydroxyl groups excluding tert-OH is 1. The highest BCUT2D eigenvalue weighted by molar-refractivity contribution is 5.39. The minimum absolute atomic E-state index is 0.328. The summed E-state index contributed by atoms with van der Waals surface area (Å²) in [5.41, 5.74) is 7.43. The molecule has 1 aliphatic rings. The van der Waals surface area contributed by atoms with Crippen LogP contribution >= 0.6 is 0 Å². The van der Waals surface area contributed by atoms with Crippen LogP contribution < -0.4 is 5.73 Å². The average molecular weight is 233 g/mol. The summed E-state index contributed by atoms with van der Waals surface area (Å²) in [6, 6.07) is 7.63. The lowest BCUT2D eigenvalue weighted by Gasteiger charge is -2.34. The fraction of sp³-hybridized carbons (Fsp3) is 0.600. The van der Waals surface area contributed by atoms with E-state index in [1.165, 1.54) is 6.42 Å². The van der Waals surface area contributed by atoms with Crippen LogP contribution in [0.15, 0.2) is 24.3 Å². The van der Waals surface area contributed by atoms with Gasteiger partial charge in [0.2, 0.25) is 0 Å². The molecule has 1 aliphatic carbocycles. The van der Waals surface area contributed by atoms with Gasteiger partial charge in [-0.2, -0.15) is 0 Å². The van der Waals surface area contributed by atoms with E-state index in [1.54, 1.807) is 0 Å². The van der Waals surface area contributed by atoms with Crippen LogP contribution in [0.2, 0.25) is 0 Å². The Labute approximate surface area is 104 Å². The highest BCUT2D eigenvalue weighted by Gasteiger charge is 2.29. The Hall–Kier alpha value is -1.02. The molecular formula is C15H23NO. The van der Waals surface area contributed by atoms with Gasteiger partial charge >= 0.3 is 0 Å². The van der Waals surface area contributed by atoms with Crippen LogP contribution in [0.4, 0.5) is 5.69 Å². The molecule has 1 saturated carbocycles. The highest BCUT2D eigenvalue weighted by atomic mass is 16.3. The van der Waals surface area contributed by atoms with Gasteiger partial charge < -0.3 is 10.8 Å². The van der Waals surface area contributed by atoms with E-state index in [2.05, 4.69) is 13.8 Å². The number of anilines is 1. The summed E-state index contributed by atoms with van der Waals surface area (Å²) in [4.78, 5) is 0. The van der Waals surface area contributed by atoms with Gasteiger partial charge in [0.25, 0.3) is 0 Å². The summed E-state index contributed by atoms with van der Waals surface area (Å²) in [5.74, 6) is 1.92. The molecule has 1 aromatic rings. The van der Waals surface area contributed by atoms with Crippen molar-refractivity contribution in [2.24, 2.45) is 17.8 Å². The predicted molar refractivity (Wildman–Crippen MR) is 71.5 cm³/mol. The van der Waals surface area contributed by atoms with E-state index in [0.29, 0.717) is 5.92 Å². The molecule has 2 heteroatoms. The minimum Gasteiger partial charge on any atom is -0.399 e. The molecule has 0 spiro atoms. The zero-order chi connectivity index (χ0) is 12.4. The van der Waals surface area contributed by atoms with Crippen molar-refractivity contribution < 1.29 is 5.11 Å². The number of aliphatic hydroxyl groups is 1. The van der Waals surface area contributed by atoms with Gasteiger partial charge in [-0.3, -0.25) is 0 Å². The Kier molecular flexibility index (Phi) is 3.72. The van der Waals surface area contributed by atoms with E-state index in [4.69, 9.17) is 5.73 Å². The smallest absolute Gasteiger partial charge is 0.0818 e. The molecule has 0 heterocycles. The summed E-state index contributed by atoms with van der Waals surface area (Å²) >= 11 is 0. The molecular weight excluding hydrogens is 210 g/mol. The number of hydrogen-bond donors (Lipinski definition) is 2. The molecule has 1 aromatic carbocycles. The maximum Gasteiger partial charge on any atom is 0.0818 e. The molecule has 3 N–H and O–H groups in total. The summed E-state index contributed by atoms with van der Waals surface area (Å²) in [6.45, 7) is 4.61. The number of hydrogen-bond acceptors (Lipinski definition) is 2. The fourth-order valence-electron chi connectivity index (χ4n) is 2.84. The maximum absolute atomic E-state index is 10.4. The number of nitrogens with two attached hydrogens (primary N) is 1. The van der Waals surface area contributed by atoms with Crippen molar-refractivity contribution >= 4 is 5.69 Å². The quantitative estimate of drug-likeness (QED) is 0.769. The average Bonchev–Trinajstić information content (AvgIpc) is 2.33. The first kappa shape index (κ1) is 12.4. The number of benzene rings is 1. The maximum atomic E-state index is 10.4. The van der Waals surface area contributed by atoms with Gasteiger partial charge in [0.1, 0.15) is 0 Å². The van der Waals surface area contributed by atoms with E-state index >= 15 is 0 Å². The lowest BCUT2D eigenvalue weighted by atomic mass is 9.73. The molecule has 0 aliphatic heterocycles. The molecule has 2 rings (SSSR count). The zero-order valence-electron chi connectivity index (χ0n) is 10.8. The normalized spacial score (nSPS) is 31.1. The standard InChI is InChI=1S/C15H23NO/c1-10-3-4-13(9-11(10)2)15(17)12-5-7-14(16)8-6-12/h5-8,10-11,13,15,17H,3-4,9,16H2,1-2H3. The van der Waals surface area contributed by atoms with Crippen LogP contribution in [0.3, 0.4) is 0 Å². The molecule has 0 saturated heterocycles. The van der Waals surface area contributed by atoms with Crippen LogP contribution in [0.5, 0.6) is 0 Å². The Morgan fingerprint density at radius 1 is 1.12 bits per heavy atom. The van der Waals surface area contributed by atoms with Crippen molar-refractivity contribution in [2.75, 3.05) is 5.73 Å². The lowest BCUT2D eigenvalue weighted by Crippen LogP contribution is -2.25. The van der Waals surface area contributed by atoms with E-state index in [0.717, 1.165) is 35.9 Å². The third kappa shape index (κ3) is 2.81. The summed E-state index contributed by atoms with van der Waals surface area (Å²) < 4.78 is 0. The largest absolute Gasteiger partial charge is 0.399 e. The zero-order valence-corrected chi connectivity index (χ0v) is 10.8. The Bertz CT molecular complexity index is 360. The lowest BCUT2D eigenvalue weighted by molar-refractivity contribution is 0.0561. The Morgan fingerprint density at radius 3 is 2.35 bits per heavy atom. The van der Waals surface area contributed by atoms with Crippen molar-refractivity contribution in [2.45, 2.75) is 39.2 Å². The molecule has 4 atom stereocenters. The first-order valence-corrected chi connectivity index (χ1v) is 6.61. The van der Waals surface area contributed by atoms with Gasteiger partial charge in [-0.1, -0.05) is 32.4 Å². The third-order valence-electron chi connectivity index (χ3n) is 4.36. The molecule has 1 fully saturated rings. The SMILES string of the molecule is CC1CCC(C(O)c2ccc(N)cc2)CC1C. The molecule has 0 amide bonds. The van der Waals surface area contributed by atoms with Crippen molar-refractivity contribution in [1.82, 2.24) is 0 Å². The third-order valence-corrected chi connectivity index (χ3v) is 4.36. The van der Waals surface area contributed by atoms with Gasteiger partial charge in [-0.05, 0) is 48.3 Å². The van der Waals surface area contributed by atoms with E-state index < -0.39 is 0 Å². The molecule has 2 nitrogen and oxygen atoms in total. The van der Waals surface area contributed by atoms with Crippen LogP contribution in [-0.4, -0.2) is 5.11 Å². The predicted octanol–water partition coefficient (Wildman–Crippen LogP) is 3.37. The van der Waals surface area contributed by atoms with Crippen molar-refractivity contribution in [3.63, 3.8) is 0 Å².